The first-order valence-corrected chi connectivity index (χ1v) is 6.98. The molecule has 0 saturated carbocycles. The van der Waals surface area contributed by atoms with Crippen molar-refractivity contribution < 1.29 is 17.9 Å². The molecular formula is C10H14ClFN2O3S. The first-order chi connectivity index (χ1) is 8.36. The van der Waals surface area contributed by atoms with Crippen molar-refractivity contribution in [3.63, 3.8) is 0 Å². The van der Waals surface area contributed by atoms with Gasteiger partial charge in [-0.2, -0.15) is 12.7 Å². The number of hydrogen-bond acceptors (Lipinski definition) is 3. The first-order valence-electron chi connectivity index (χ1n) is 5.17. The number of aliphatic hydroxyl groups excluding tert-OH is 1. The molecule has 18 heavy (non-hydrogen) atoms. The third-order valence-corrected chi connectivity index (χ3v) is 4.01. The predicted molar refractivity (Wildman–Crippen MR) is 68.3 cm³/mol. The van der Waals surface area contributed by atoms with Gasteiger partial charge in [0, 0.05) is 20.2 Å². The minimum Gasteiger partial charge on any atom is -0.396 e. The molecule has 1 aromatic carbocycles. The Hall–Kier alpha value is -0.890. The number of hydrogen-bond donors (Lipinski definition) is 2. The number of aliphatic hydroxyl groups is 1. The predicted octanol–water partition coefficient (Wildman–Crippen LogP) is 1.45. The second kappa shape index (κ2) is 6.33. The summed E-state index contributed by atoms with van der Waals surface area (Å²) in [7, 11) is -2.39. The monoisotopic (exact) mass is 296 g/mol. The van der Waals surface area contributed by atoms with E-state index in [0.717, 1.165) is 16.4 Å². The zero-order valence-electron chi connectivity index (χ0n) is 9.73. The summed E-state index contributed by atoms with van der Waals surface area (Å²) >= 11 is 5.72. The van der Waals surface area contributed by atoms with Gasteiger partial charge in [0.2, 0.25) is 0 Å². The molecule has 0 amide bonds. The summed E-state index contributed by atoms with van der Waals surface area (Å²) in [6.45, 7) is 0.0712. The molecule has 5 nitrogen and oxygen atoms in total. The summed E-state index contributed by atoms with van der Waals surface area (Å²) in [4.78, 5) is 0. The zero-order valence-corrected chi connectivity index (χ0v) is 11.3. The molecule has 0 bridgehead atoms. The highest BCUT2D eigenvalue weighted by atomic mass is 35.5. The van der Waals surface area contributed by atoms with Crippen LogP contribution >= 0.6 is 11.6 Å². The molecule has 8 heteroatoms. The summed E-state index contributed by atoms with van der Waals surface area (Å²) in [6, 6.07) is 3.37. The maximum atomic E-state index is 12.8. The highest BCUT2D eigenvalue weighted by Crippen LogP contribution is 2.23. The lowest BCUT2D eigenvalue weighted by Crippen LogP contribution is -2.33. The van der Waals surface area contributed by atoms with Crippen molar-refractivity contribution in [1.82, 2.24) is 4.31 Å². The van der Waals surface area contributed by atoms with Crippen LogP contribution in [-0.4, -0.2) is 38.0 Å². The van der Waals surface area contributed by atoms with Crippen molar-refractivity contribution >= 4 is 27.5 Å². The second-order valence-corrected chi connectivity index (χ2v) is 5.81. The third kappa shape index (κ3) is 4.09. The molecule has 0 aliphatic carbocycles. The molecule has 0 aliphatic heterocycles. The minimum atomic E-state index is -3.76. The lowest BCUT2D eigenvalue weighted by molar-refractivity contribution is 0.276. The Labute approximate surface area is 110 Å². The van der Waals surface area contributed by atoms with E-state index in [1.807, 2.05) is 0 Å². The fourth-order valence-electron chi connectivity index (χ4n) is 1.20. The van der Waals surface area contributed by atoms with Gasteiger partial charge in [-0.05, 0) is 24.6 Å². The van der Waals surface area contributed by atoms with Crippen LogP contribution in [0.15, 0.2) is 18.2 Å². The van der Waals surface area contributed by atoms with Gasteiger partial charge in [0.25, 0.3) is 0 Å². The van der Waals surface area contributed by atoms with Crippen LogP contribution in [0.25, 0.3) is 0 Å². The van der Waals surface area contributed by atoms with Gasteiger partial charge >= 0.3 is 10.2 Å². The Kier molecular flexibility index (Phi) is 5.33. The van der Waals surface area contributed by atoms with Crippen LogP contribution in [0.1, 0.15) is 6.42 Å². The summed E-state index contributed by atoms with van der Waals surface area (Å²) in [5, 5.41) is 8.62. The van der Waals surface area contributed by atoms with Gasteiger partial charge in [-0.15, -0.1) is 0 Å². The Bertz CT molecular complexity index is 510. The van der Waals surface area contributed by atoms with E-state index in [-0.39, 0.29) is 23.9 Å². The van der Waals surface area contributed by atoms with E-state index >= 15 is 0 Å². The second-order valence-electron chi connectivity index (χ2n) is 3.63. The topological polar surface area (TPSA) is 69.6 Å². The Morgan fingerprint density at radius 2 is 2.17 bits per heavy atom. The zero-order chi connectivity index (χ0) is 13.8. The van der Waals surface area contributed by atoms with E-state index in [9.17, 15) is 12.8 Å². The molecule has 0 fully saturated rings. The normalized spacial score (nSPS) is 11.8. The van der Waals surface area contributed by atoms with Crippen LogP contribution in [0.3, 0.4) is 0 Å². The summed E-state index contributed by atoms with van der Waals surface area (Å²) in [5.74, 6) is -0.545. The van der Waals surface area contributed by atoms with Crippen LogP contribution in [0, 0.1) is 5.82 Å². The number of anilines is 1. The lowest BCUT2D eigenvalue weighted by Gasteiger charge is -2.18. The Balaban J connectivity index is 2.82. The van der Waals surface area contributed by atoms with Crippen molar-refractivity contribution in [2.45, 2.75) is 6.42 Å². The molecule has 0 unspecified atom stereocenters. The van der Waals surface area contributed by atoms with E-state index in [2.05, 4.69) is 4.72 Å². The first kappa shape index (κ1) is 15.2. The fraction of sp³-hybridized carbons (Fsp3) is 0.400. The van der Waals surface area contributed by atoms with Crippen LogP contribution in [-0.2, 0) is 10.2 Å². The smallest absolute Gasteiger partial charge is 0.301 e. The van der Waals surface area contributed by atoms with E-state index in [1.54, 1.807) is 0 Å². The quantitative estimate of drug-likeness (QED) is 0.835. The van der Waals surface area contributed by atoms with Crippen molar-refractivity contribution in [2.24, 2.45) is 0 Å². The third-order valence-electron chi connectivity index (χ3n) is 2.21. The van der Waals surface area contributed by atoms with E-state index in [0.29, 0.717) is 6.42 Å². The van der Waals surface area contributed by atoms with E-state index in [4.69, 9.17) is 16.7 Å². The van der Waals surface area contributed by atoms with E-state index < -0.39 is 16.0 Å². The molecule has 0 spiro atoms. The molecule has 0 aromatic heterocycles. The number of rotatable bonds is 6. The van der Waals surface area contributed by atoms with Gasteiger partial charge in [-0.3, -0.25) is 4.72 Å². The molecular weight excluding hydrogens is 283 g/mol. The average molecular weight is 297 g/mol. The van der Waals surface area contributed by atoms with Gasteiger partial charge in [0.1, 0.15) is 5.82 Å². The lowest BCUT2D eigenvalue weighted by atomic mass is 10.3. The van der Waals surface area contributed by atoms with Gasteiger partial charge in [-0.25, -0.2) is 4.39 Å². The Morgan fingerprint density at radius 3 is 2.72 bits per heavy atom. The van der Waals surface area contributed by atoms with Crippen molar-refractivity contribution in [2.75, 3.05) is 24.9 Å². The molecule has 0 atom stereocenters. The maximum absolute atomic E-state index is 12.8. The fourth-order valence-corrected chi connectivity index (χ4v) is 2.45. The van der Waals surface area contributed by atoms with Crippen LogP contribution in [0.5, 0.6) is 0 Å². The standard InChI is InChI=1S/C10H14ClFN2O3S/c1-14(5-2-6-15)18(16,17)13-10-4-3-8(12)7-9(10)11/h3-4,7,13,15H,2,5-6H2,1H3. The molecule has 0 heterocycles. The Morgan fingerprint density at radius 1 is 1.50 bits per heavy atom. The minimum absolute atomic E-state index is 0.0193. The molecule has 102 valence electrons. The highest BCUT2D eigenvalue weighted by Gasteiger charge is 2.18. The summed E-state index contributed by atoms with van der Waals surface area (Å²) in [6.07, 6.45) is 0.328. The van der Waals surface area contributed by atoms with Gasteiger partial charge < -0.3 is 5.11 Å². The molecule has 0 radical (unpaired) electrons. The average Bonchev–Trinajstić information content (AvgIpc) is 2.29. The maximum Gasteiger partial charge on any atom is 0.301 e. The molecule has 0 saturated heterocycles. The number of nitrogens with one attached hydrogen (secondary N) is 1. The van der Waals surface area contributed by atoms with Crippen molar-refractivity contribution in [3.8, 4) is 0 Å². The van der Waals surface area contributed by atoms with Crippen LogP contribution in [0.4, 0.5) is 10.1 Å². The number of benzene rings is 1. The van der Waals surface area contributed by atoms with Crippen LogP contribution < -0.4 is 4.72 Å². The molecule has 1 aromatic rings. The van der Waals surface area contributed by atoms with Crippen LogP contribution in [0.2, 0.25) is 5.02 Å². The van der Waals surface area contributed by atoms with Crippen molar-refractivity contribution in [1.29, 1.82) is 0 Å². The highest BCUT2D eigenvalue weighted by molar-refractivity contribution is 7.90. The number of halogens is 2. The van der Waals surface area contributed by atoms with Gasteiger partial charge in [0.05, 0.1) is 10.7 Å². The van der Waals surface area contributed by atoms with E-state index in [1.165, 1.54) is 13.1 Å². The van der Waals surface area contributed by atoms with Crippen molar-refractivity contribution in [3.05, 3.63) is 29.0 Å². The largest absolute Gasteiger partial charge is 0.396 e. The summed E-state index contributed by atoms with van der Waals surface area (Å²) < 4.78 is 39.7. The summed E-state index contributed by atoms with van der Waals surface area (Å²) in [5.41, 5.74) is 0.105. The number of nitrogens with zero attached hydrogens (tertiary/aromatic N) is 1. The SMILES string of the molecule is CN(CCCO)S(=O)(=O)Nc1ccc(F)cc1Cl. The molecule has 1 rings (SSSR count). The van der Waals surface area contributed by atoms with Gasteiger partial charge in [0.15, 0.2) is 0 Å². The van der Waals surface area contributed by atoms with Gasteiger partial charge in [-0.1, -0.05) is 11.6 Å². The molecule has 0 aliphatic rings. The molecule has 2 N–H and O–H groups in total.